The molecule has 0 saturated carbocycles. The van der Waals surface area contributed by atoms with Crippen LogP contribution in [0.4, 0.5) is 0 Å². The van der Waals surface area contributed by atoms with Gasteiger partial charge in [0, 0.05) is 32.7 Å². The lowest BCUT2D eigenvalue weighted by Gasteiger charge is -2.45. The third kappa shape index (κ3) is 5.93. The van der Waals surface area contributed by atoms with E-state index < -0.39 is 0 Å². The number of ether oxygens (including phenoxy) is 1. The molecule has 3 heterocycles. The van der Waals surface area contributed by atoms with E-state index in [9.17, 15) is 4.79 Å². The number of fused-ring (bicyclic) bond motifs is 1. The number of carbonyl (C=O) groups excluding carboxylic acids is 1. The van der Waals surface area contributed by atoms with Crippen LogP contribution in [0.3, 0.4) is 0 Å². The maximum atomic E-state index is 12.9. The normalized spacial score (nSPS) is 19.3. The van der Waals surface area contributed by atoms with Gasteiger partial charge in [-0.05, 0) is 54.7 Å². The molecule has 1 aromatic heterocycles. The van der Waals surface area contributed by atoms with Gasteiger partial charge in [-0.1, -0.05) is 55.0 Å². The van der Waals surface area contributed by atoms with Crippen LogP contribution in [0.1, 0.15) is 53.7 Å². The minimum absolute atomic E-state index is 0.0663. The summed E-state index contributed by atoms with van der Waals surface area (Å²) in [7, 11) is 0. The molecule has 6 nitrogen and oxygen atoms in total. The van der Waals surface area contributed by atoms with Crippen LogP contribution in [0, 0.1) is 5.41 Å². The predicted molar refractivity (Wildman–Crippen MR) is 137 cm³/mol. The van der Waals surface area contributed by atoms with Gasteiger partial charge in [0.15, 0.2) is 0 Å². The SMILES string of the molecule is O=C(c1cnc[nH]1)N1CCC2(CCCCc3ccccc3OCCN(Cc3ccccc3)C2)CC1. The van der Waals surface area contributed by atoms with Gasteiger partial charge in [0.2, 0.25) is 0 Å². The molecular weight excluding hydrogens is 436 g/mol. The molecular formula is C29H36N4O2. The summed E-state index contributed by atoms with van der Waals surface area (Å²) in [5.41, 5.74) is 3.46. The average molecular weight is 473 g/mol. The van der Waals surface area contributed by atoms with Gasteiger partial charge < -0.3 is 14.6 Å². The number of hydrogen-bond acceptors (Lipinski definition) is 4. The number of aryl methyl sites for hydroxylation is 1. The number of amides is 1. The quantitative estimate of drug-likeness (QED) is 0.587. The fourth-order valence-corrected chi connectivity index (χ4v) is 5.70. The highest BCUT2D eigenvalue weighted by atomic mass is 16.5. The highest BCUT2D eigenvalue weighted by Gasteiger charge is 2.37. The predicted octanol–water partition coefficient (Wildman–Crippen LogP) is 4.94. The molecule has 1 spiro atoms. The summed E-state index contributed by atoms with van der Waals surface area (Å²) >= 11 is 0. The standard InChI is InChI=1S/C29H36N4O2/c34-28(26-20-30-23-31-26)33-16-14-29(15-17-33)13-7-6-11-25-10-4-5-12-27(25)35-19-18-32(22-29)21-24-8-2-1-3-9-24/h1-5,8-10,12,20,23H,6-7,11,13-19,21-22H2,(H,30,31). The highest BCUT2D eigenvalue weighted by molar-refractivity contribution is 5.92. The van der Waals surface area contributed by atoms with Crippen molar-refractivity contribution >= 4 is 5.91 Å². The number of aromatic amines is 1. The van der Waals surface area contributed by atoms with Crippen molar-refractivity contribution in [2.45, 2.75) is 45.1 Å². The molecule has 0 radical (unpaired) electrons. The Bertz CT molecular complexity index is 1080. The van der Waals surface area contributed by atoms with Crippen molar-refractivity contribution < 1.29 is 9.53 Å². The summed E-state index contributed by atoms with van der Waals surface area (Å²) in [6, 6.07) is 19.2. The second-order valence-electron chi connectivity index (χ2n) is 10.1. The molecule has 5 rings (SSSR count). The number of imidazole rings is 1. The third-order valence-corrected chi connectivity index (χ3v) is 7.69. The summed E-state index contributed by atoms with van der Waals surface area (Å²) in [5.74, 6) is 1.10. The Morgan fingerprint density at radius 3 is 2.57 bits per heavy atom. The fourth-order valence-electron chi connectivity index (χ4n) is 5.70. The minimum Gasteiger partial charge on any atom is -0.492 e. The lowest BCUT2D eigenvalue weighted by atomic mass is 9.73. The van der Waals surface area contributed by atoms with Crippen molar-refractivity contribution in [2.75, 3.05) is 32.8 Å². The average Bonchev–Trinajstić information content (AvgIpc) is 3.43. The van der Waals surface area contributed by atoms with Crippen molar-refractivity contribution in [3.05, 3.63) is 83.9 Å². The summed E-state index contributed by atoms with van der Waals surface area (Å²) in [4.78, 5) is 24.5. The van der Waals surface area contributed by atoms with E-state index in [1.54, 1.807) is 12.5 Å². The minimum atomic E-state index is 0.0663. The first-order valence-corrected chi connectivity index (χ1v) is 13.0. The van der Waals surface area contributed by atoms with Crippen LogP contribution in [0.15, 0.2) is 67.1 Å². The van der Waals surface area contributed by atoms with Gasteiger partial charge in [-0.3, -0.25) is 9.69 Å². The van der Waals surface area contributed by atoms with Gasteiger partial charge in [-0.25, -0.2) is 4.98 Å². The number of carbonyl (C=O) groups is 1. The monoisotopic (exact) mass is 472 g/mol. The molecule has 0 bridgehead atoms. The van der Waals surface area contributed by atoms with Crippen LogP contribution < -0.4 is 4.74 Å². The summed E-state index contributed by atoms with van der Waals surface area (Å²) in [6.45, 7) is 5.14. The van der Waals surface area contributed by atoms with Gasteiger partial charge in [0.05, 0.1) is 12.5 Å². The second-order valence-corrected chi connectivity index (χ2v) is 10.1. The molecule has 3 aromatic rings. The Morgan fingerprint density at radius 2 is 1.77 bits per heavy atom. The Balaban J connectivity index is 1.33. The zero-order valence-corrected chi connectivity index (χ0v) is 20.5. The molecule has 0 unspecified atom stereocenters. The Morgan fingerprint density at radius 1 is 0.971 bits per heavy atom. The van der Waals surface area contributed by atoms with Crippen molar-refractivity contribution in [1.82, 2.24) is 19.8 Å². The summed E-state index contributed by atoms with van der Waals surface area (Å²) in [5, 5.41) is 0. The van der Waals surface area contributed by atoms with E-state index in [0.29, 0.717) is 12.3 Å². The van der Waals surface area contributed by atoms with Crippen LogP contribution in [0.5, 0.6) is 5.75 Å². The first-order chi connectivity index (χ1) is 17.2. The smallest absolute Gasteiger partial charge is 0.271 e. The first kappa shape index (κ1) is 23.6. The number of para-hydroxylation sites is 1. The number of aromatic nitrogens is 2. The highest BCUT2D eigenvalue weighted by Crippen LogP contribution is 2.39. The van der Waals surface area contributed by atoms with Crippen molar-refractivity contribution in [1.29, 1.82) is 0 Å². The molecule has 0 aliphatic carbocycles. The second kappa shape index (κ2) is 11.1. The van der Waals surface area contributed by atoms with Crippen LogP contribution in [0.25, 0.3) is 0 Å². The maximum absolute atomic E-state index is 12.9. The number of benzene rings is 2. The van der Waals surface area contributed by atoms with Gasteiger partial charge in [0.25, 0.3) is 5.91 Å². The number of nitrogens with zero attached hydrogens (tertiary/aromatic N) is 3. The Hall–Kier alpha value is -3.12. The number of H-pyrrole nitrogens is 1. The molecule has 35 heavy (non-hydrogen) atoms. The lowest BCUT2D eigenvalue weighted by molar-refractivity contribution is 0.0358. The van der Waals surface area contributed by atoms with E-state index in [1.165, 1.54) is 24.0 Å². The number of nitrogens with one attached hydrogen (secondary N) is 1. The van der Waals surface area contributed by atoms with Crippen LogP contribution >= 0.6 is 0 Å². The molecule has 2 aromatic carbocycles. The molecule has 1 N–H and O–H groups in total. The number of piperidine rings is 1. The van der Waals surface area contributed by atoms with Gasteiger partial charge in [-0.15, -0.1) is 0 Å². The number of hydrogen-bond donors (Lipinski definition) is 1. The zero-order chi connectivity index (χ0) is 23.9. The molecule has 2 aliphatic heterocycles. The summed E-state index contributed by atoms with van der Waals surface area (Å²) < 4.78 is 6.29. The lowest BCUT2D eigenvalue weighted by Crippen LogP contribution is -2.48. The largest absolute Gasteiger partial charge is 0.492 e. The molecule has 2 aliphatic rings. The van der Waals surface area contributed by atoms with Crippen LogP contribution in [-0.4, -0.2) is 58.5 Å². The Labute approximate surface area is 208 Å². The molecule has 184 valence electrons. The van der Waals surface area contributed by atoms with Crippen molar-refractivity contribution in [3.63, 3.8) is 0 Å². The molecule has 1 fully saturated rings. The van der Waals surface area contributed by atoms with Gasteiger partial charge >= 0.3 is 0 Å². The van der Waals surface area contributed by atoms with E-state index in [1.807, 2.05) is 4.90 Å². The molecule has 6 heteroatoms. The van der Waals surface area contributed by atoms with E-state index in [2.05, 4.69) is 69.5 Å². The van der Waals surface area contributed by atoms with Gasteiger partial charge in [-0.2, -0.15) is 0 Å². The Kier molecular flexibility index (Phi) is 7.48. The van der Waals surface area contributed by atoms with Gasteiger partial charge in [0.1, 0.15) is 18.1 Å². The zero-order valence-electron chi connectivity index (χ0n) is 20.5. The van der Waals surface area contributed by atoms with E-state index in [-0.39, 0.29) is 11.3 Å². The molecule has 0 atom stereocenters. The van der Waals surface area contributed by atoms with Crippen LogP contribution in [0.2, 0.25) is 0 Å². The van der Waals surface area contributed by atoms with E-state index in [0.717, 1.165) is 64.2 Å². The number of likely N-dealkylation sites (tertiary alicyclic amines) is 1. The molecule has 1 amide bonds. The first-order valence-electron chi connectivity index (χ1n) is 13.0. The third-order valence-electron chi connectivity index (χ3n) is 7.69. The topological polar surface area (TPSA) is 61.5 Å². The molecule has 1 saturated heterocycles. The van der Waals surface area contributed by atoms with Crippen molar-refractivity contribution in [3.8, 4) is 5.75 Å². The van der Waals surface area contributed by atoms with E-state index >= 15 is 0 Å². The number of rotatable bonds is 3. The summed E-state index contributed by atoms with van der Waals surface area (Å²) in [6.07, 6.45) is 9.90. The maximum Gasteiger partial charge on any atom is 0.271 e. The van der Waals surface area contributed by atoms with E-state index in [4.69, 9.17) is 4.74 Å². The van der Waals surface area contributed by atoms with Crippen molar-refractivity contribution in [2.24, 2.45) is 5.41 Å². The van der Waals surface area contributed by atoms with Crippen LogP contribution in [-0.2, 0) is 13.0 Å². The fraction of sp³-hybridized carbons (Fsp3) is 0.448.